The summed E-state index contributed by atoms with van der Waals surface area (Å²) in [4.78, 5) is 24.2. The van der Waals surface area contributed by atoms with E-state index in [1.54, 1.807) is 30.3 Å². The molecule has 2 aromatic rings. The molecule has 0 bridgehead atoms. The van der Waals surface area contributed by atoms with Crippen molar-refractivity contribution in [2.24, 2.45) is 0 Å². The third-order valence-corrected chi connectivity index (χ3v) is 3.53. The normalized spacial score (nSPS) is 11.5. The minimum absolute atomic E-state index is 0.133. The van der Waals surface area contributed by atoms with Crippen LogP contribution < -0.4 is 10.1 Å². The lowest BCUT2D eigenvalue weighted by Gasteiger charge is -2.18. The van der Waals surface area contributed by atoms with Crippen LogP contribution in [0.4, 0.5) is 4.39 Å². The molecule has 2 rings (SSSR count). The van der Waals surface area contributed by atoms with Crippen LogP contribution in [0.5, 0.6) is 5.75 Å². The smallest absolute Gasteiger partial charge is 0.328 e. The zero-order valence-electron chi connectivity index (χ0n) is 13.4. The number of nitrogens with one attached hydrogen (secondary N) is 1. The molecule has 1 amide bonds. The standard InChI is InChI=1S/C18H18FNO4/c1-23-16-10-6-3-7-12(16)11-15(18(22)24-2)20-17(21)13-8-4-5-9-14(13)19/h3-10,15H,11H2,1-2H3,(H,20,21)/t15-/m1/s1. The van der Waals surface area contributed by atoms with E-state index in [4.69, 9.17) is 9.47 Å². The summed E-state index contributed by atoms with van der Waals surface area (Å²) in [6.45, 7) is 0. The molecule has 0 unspecified atom stereocenters. The number of carbonyl (C=O) groups excluding carboxylic acids is 2. The zero-order valence-corrected chi connectivity index (χ0v) is 13.4. The lowest BCUT2D eigenvalue weighted by molar-refractivity contribution is -0.142. The monoisotopic (exact) mass is 331 g/mol. The molecular formula is C18H18FNO4. The van der Waals surface area contributed by atoms with Gasteiger partial charge in [0, 0.05) is 6.42 Å². The number of para-hydroxylation sites is 1. The predicted molar refractivity (Wildman–Crippen MR) is 86.4 cm³/mol. The first-order chi connectivity index (χ1) is 11.6. The Morgan fingerprint density at radius 3 is 2.42 bits per heavy atom. The Bertz CT molecular complexity index is 732. The molecule has 1 N–H and O–H groups in total. The molecule has 24 heavy (non-hydrogen) atoms. The van der Waals surface area contributed by atoms with Crippen LogP contribution in [0, 0.1) is 5.82 Å². The van der Waals surface area contributed by atoms with Crippen molar-refractivity contribution in [3.63, 3.8) is 0 Å². The van der Waals surface area contributed by atoms with Gasteiger partial charge in [0.05, 0.1) is 19.8 Å². The number of esters is 1. The van der Waals surface area contributed by atoms with Crippen molar-refractivity contribution in [1.82, 2.24) is 5.32 Å². The number of halogens is 1. The second-order valence-corrected chi connectivity index (χ2v) is 5.05. The van der Waals surface area contributed by atoms with Crippen molar-refractivity contribution < 1.29 is 23.5 Å². The topological polar surface area (TPSA) is 64.6 Å². The number of hydrogen-bond acceptors (Lipinski definition) is 4. The largest absolute Gasteiger partial charge is 0.496 e. The Balaban J connectivity index is 2.22. The van der Waals surface area contributed by atoms with Gasteiger partial charge in [-0.25, -0.2) is 9.18 Å². The highest BCUT2D eigenvalue weighted by atomic mass is 19.1. The van der Waals surface area contributed by atoms with Gasteiger partial charge in [-0.3, -0.25) is 4.79 Å². The number of rotatable bonds is 6. The summed E-state index contributed by atoms with van der Waals surface area (Å²) in [5.74, 6) is -1.37. The molecule has 2 aromatic carbocycles. The minimum Gasteiger partial charge on any atom is -0.496 e. The molecule has 0 radical (unpaired) electrons. The number of methoxy groups -OCH3 is 2. The highest BCUT2D eigenvalue weighted by Crippen LogP contribution is 2.19. The van der Waals surface area contributed by atoms with E-state index >= 15 is 0 Å². The molecule has 6 heteroatoms. The molecule has 0 saturated carbocycles. The number of amides is 1. The first-order valence-corrected chi connectivity index (χ1v) is 7.32. The van der Waals surface area contributed by atoms with E-state index in [9.17, 15) is 14.0 Å². The molecule has 0 aromatic heterocycles. The van der Waals surface area contributed by atoms with Gasteiger partial charge in [-0.15, -0.1) is 0 Å². The van der Waals surface area contributed by atoms with Gasteiger partial charge in [0.25, 0.3) is 5.91 Å². The summed E-state index contributed by atoms with van der Waals surface area (Å²) in [5.41, 5.74) is 0.593. The molecule has 0 saturated heterocycles. The summed E-state index contributed by atoms with van der Waals surface area (Å²) >= 11 is 0. The van der Waals surface area contributed by atoms with Crippen LogP contribution in [0.1, 0.15) is 15.9 Å². The first kappa shape index (κ1) is 17.5. The highest BCUT2D eigenvalue weighted by molar-refractivity contribution is 5.97. The number of hydrogen-bond donors (Lipinski definition) is 1. The van der Waals surface area contributed by atoms with Gasteiger partial charge < -0.3 is 14.8 Å². The Morgan fingerprint density at radius 1 is 1.08 bits per heavy atom. The Labute approximate surface area is 139 Å². The lowest BCUT2D eigenvalue weighted by atomic mass is 10.0. The van der Waals surface area contributed by atoms with E-state index in [1.165, 1.54) is 32.4 Å². The maximum Gasteiger partial charge on any atom is 0.328 e. The van der Waals surface area contributed by atoms with Gasteiger partial charge in [0.15, 0.2) is 0 Å². The van der Waals surface area contributed by atoms with Crippen LogP contribution in [-0.4, -0.2) is 32.1 Å². The summed E-state index contributed by atoms with van der Waals surface area (Å²) in [6, 6.07) is 11.7. The first-order valence-electron chi connectivity index (χ1n) is 7.32. The SMILES string of the molecule is COC(=O)[C@@H](Cc1ccccc1OC)NC(=O)c1ccccc1F. The van der Waals surface area contributed by atoms with Crippen LogP contribution >= 0.6 is 0 Å². The third-order valence-electron chi connectivity index (χ3n) is 3.53. The van der Waals surface area contributed by atoms with Crippen LogP contribution in [-0.2, 0) is 16.0 Å². The Hall–Kier alpha value is -2.89. The average Bonchev–Trinajstić information content (AvgIpc) is 2.61. The van der Waals surface area contributed by atoms with Crippen LogP contribution in [0.3, 0.4) is 0 Å². The van der Waals surface area contributed by atoms with Crippen molar-refractivity contribution in [1.29, 1.82) is 0 Å². The third kappa shape index (κ3) is 4.10. The fourth-order valence-corrected chi connectivity index (χ4v) is 2.31. The fourth-order valence-electron chi connectivity index (χ4n) is 2.31. The van der Waals surface area contributed by atoms with Gasteiger partial charge in [-0.2, -0.15) is 0 Å². The second-order valence-electron chi connectivity index (χ2n) is 5.05. The summed E-state index contributed by atoms with van der Waals surface area (Å²) in [7, 11) is 2.75. The molecule has 126 valence electrons. The average molecular weight is 331 g/mol. The maximum atomic E-state index is 13.7. The fraction of sp³-hybridized carbons (Fsp3) is 0.222. The van der Waals surface area contributed by atoms with Crippen molar-refractivity contribution >= 4 is 11.9 Å². The molecule has 0 aliphatic rings. The van der Waals surface area contributed by atoms with E-state index < -0.39 is 23.7 Å². The van der Waals surface area contributed by atoms with Crippen LogP contribution in [0.2, 0.25) is 0 Å². The van der Waals surface area contributed by atoms with E-state index in [2.05, 4.69) is 5.32 Å². The Morgan fingerprint density at radius 2 is 1.75 bits per heavy atom. The molecule has 0 spiro atoms. The molecule has 0 aliphatic heterocycles. The van der Waals surface area contributed by atoms with Crippen molar-refractivity contribution in [2.75, 3.05) is 14.2 Å². The maximum absolute atomic E-state index is 13.7. The van der Waals surface area contributed by atoms with E-state index in [0.29, 0.717) is 5.75 Å². The predicted octanol–water partition coefficient (Wildman–Crippen LogP) is 2.35. The molecular weight excluding hydrogens is 313 g/mol. The van der Waals surface area contributed by atoms with Crippen molar-refractivity contribution in [3.8, 4) is 5.75 Å². The summed E-state index contributed by atoms with van der Waals surface area (Å²) in [6.07, 6.45) is 0.164. The van der Waals surface area contributed by atoms with Crippen molar-refractivity contribution in [2.45, 2.75) is 12.5 Å². The summed E-state index contributed by atoms with van der Waals surface area (Å²) < 4.78 is 23.7. The van der Waals surface area contributed by atoms with Gasteiger partial charge in [0.1, 0.15) is 17.6 Å². The molecule has 1 atom stereocenters. The van der Waals surface area contributed by atoms with Gasteiger partial charge in [-0.05, 0) is 23.8 Å². The van der Waals surface area contributed by atoms with Crippen LogP contribution in [0.25, 0.3) is 0 Å². The molecule has 5 nitrogen and oxygen atoms in total. The number of carbonyl (C=O) groups is 2. The molecule has 0 heterocycles. The number of ether oxygens (including phenoxy) is 2. The second kappa shape index (κ2) is 8.10. The van der Waals surface area contributed by atoms with E-state index in [0.717, 1.165) is 5.56 Å². The Kier molecular flexibility index (Phi) is 5.89. The van der Waals surface area contributed by atoms with E-state index in [-0.39, 0.29) is 12.0 Å². The van der Waals surface area contributed by atoms with Crippen molar-refractivity contribution in [3.05, 3.63) is 65.5 Å². The zero-order chi connectivity index (χ0) is 17.5. The number of benzene rings is 2. The minimum atomic E-state index is -0.960. The van der Waals surface area contributed by atoms with Gasteiger partial charge in [0.2, 0.25) is 0 Å². The van der Waals surface area contributed by atoms with Gasteiger partial charge >= 0.3 is 5.97 Å². The molecule has 0 aliphatic carbocycles. The van der Waals surface area contributed by atoms with E-state index in [1.807, 2.05) is 0 Å². The summed E-state index contributed by atoms with van der Waals surface area (Å²) in [5, 5.41) is 2.52. The van der Waals surface area contributed by atoms with Gasteiger partial charge in [-0.1, -0.05) is 30.3 Å². The van der Waals surface area contributed by atoms with Crippen LogP contribution in [0.15, 0.2) is 48.5 Å². The quantitative estimate of drug-likeness (QED) is 0.825. The lowest BCUT2D eigenvalue weighted by Crippen LogP contribution is -2.43. The molecule has 0 fully saturated rings. The highest BCUT2D eigenvalue weighted by Gasteiger charge is 2.24.